The number of nitrogens with two attached hydrogens (primary N) is 1. The highest BCUT2D eigenvalue weighted by atomic mass is 35.5. The van der Waals surface area contributed by atoms with Crippen LogP contribution in [0.3, 0.4) is 0 Å². The van der Waals surface area contributed by atoms with E-state index in [2.05, 4.69) is 16.9 Å². The van der Waals surface area contributed by atoms with E-state index in [1.54, 1.807) is 6.26 Å². The summed E-state index contributed by atoms with van der Waals surface area (Å²) in [5, 5.41) is 2.64. The van der Waals surface area contributed by atoms with Crippen LogP contribution in [0.5, 0.6) is 0 Å². The van der Waals surface area contributed by atoms with E-state index in [0.29, 0.717) is 5.03 Å². The Morgan fingerprint density at radius 1 is 1.48 bits per heavy atom. The van der Waals surface area contributed by atoms with Crippen LogP contribution in [-0.4, -0.2) is 24.7 Å². The van der Waals surface area contributed by atoms with Crippen LogP contribution in [0.15, 0.2) is 45.5 Å². The summed E-state index contributed by atoms with van der Waals surface area (Å²) in [5.74, 6) is -1.90. The van der Waals surface area contributed by atoms with Crippen LogP contribution in [0.25, 0.3) is 0 Å². The molecule has 3 N–H and O–H groups in total. The zero-order valence-corrected chi connectivity index (χ0v) is 13.6. The number of halogens is 3. The first-order chi connectivity index (χ1) is 10.9. The molecule has 0 atom stereocenters. The molecule has 1 aromatic carbocycles. The van der Waals surface area contributed by atoms with Crippen LogP contribution in [0.2, 0.25) is 0 Å². The van der Waals surface area contributed by atoms with Crippen molar-refractivity contribution in [3.63, 3.8) is 0 Å². The van der Waals surface area contributed by atoms with Gasteiger partial charge in [0.25, 0.3) is 0 Å². The second-order valence-electron chi connectivity index (χ2n) is 4.42. The van der Waals surface area contributed by atoms with E-state index in [1.165, 1.54) is 17.8 Å². The number of thioether (sulfide) groups is 1. The molecule has 0 spiro atoms. The van der Waals surface area contributed by atoms with Gasteiger partial charge in [-0.25, -0.2) is 23.5 Å². The number of carbonyl (C=O) groups is 1. The van der Waals surface area contributed by atoms with Crippen molar-refractivity contribution < 1.29 is 13.6 Å². The number of urea groups is 1. The molecular formula is C14H13ClF2N4OS. The Morgan fingerprint density at radius 2 is 2.09 bits per heavy atom. The van der Waals surface area contributed by atoms with Gasteiger partial charge in [0.1, 0.15) is 22.5 Å². The van der Waals surface area contributed by atoms with Gasteiger partial charge in [-0.1, -0.05) is 24.2 Å². The van der Waals surface area contributed by atoms with Gasteiger partial charge in [-0.3, -0.25) is 0 Å². The fourth-order valence-electron chi connectivity index (χ4n) is 1.94. The number of carbonyl (C=O) groups excluding carboxylic acids is 1. The largest absolute Gasteiger partial charge is 0.389 e. The smallest absolute Gasteiger partial charge is 0.328 e. The summed E-state index contributed by atoms with van der Waals surface area (Å²) in [6.45, 7) is 3.67. The molecule has 5 nitrogen and oxygen atoms in total. The third kappa shape index (κ3) is 3.48. The van der Waals surface area contributed by atoms with Crippen molar-refractivity contribution in [2.45, 2.75) is 0 Å². The predicted molar refractivity (Wildman–Crippen MR) is 89.4 cm³/mol. The van der Waals surface area contributed by atoms with Crippen molar-refractivity contribution in [1.82, 2.24) is 5.32 Å². The number of anilines is 1. The van der Waals surface area contributed by atoms with E-state index < -0.39 is 23.4 Å². The summed E-state index contributed by atoms with van der Waals surface area (Å²) in [4.78, 5) is 17.1. The standard InChI is InChI=1S/C14H13ClF2N4OS/c1-7(23-2)20-13-8(12(15)18)6-19-14(22)21(13)11-9(16)4-3-5-10(11)17/h3-5H,1,6,18H2,2H3,(H,19,22)/b12-8-,20-13+. The maximum atomic E-state index is 14.1. The van der Waals surface area contributed by atoms with Gasteiger partial charge in [-0.15, -0.1) is 11.8 Å². The van der Waals surface area contributed by atoms with Crippen LogP contribution in [0.1, 0.15) is 0 Å². The SMILES string of the molecule is C=C(/N=C1\C(=C(/N)Cl)CNC(=O)N1c1c(F)cccc1F)SC. The Hall–Kier alpha value is -2.06. The number of aliphatic imine (C=N–C) groups is 1. The average Bonchev–Trinajstić information content (AvgIpc) is 2.49. The molecule has 0 bridgehead atoms. The lowest BCUT2D eigenvalue weighted by molar-refractivity contribution is 0.248. The van der Waals surface area contributed by atoms with Gasteiger partial charge in [0.05, 0.1) is 11.6 Å². The first-order valence-corrected chi connectivity index (χ1v) is 7.95. The van der Waals surface area contributed by atoms with Crippen molar-refractivity contribution in [3.05, 3.63) is 52.2 Å². The molecule has 1 heterocycles. The maximum Gasteiger partial charge on any atom is 0.328 e. The molecule has 1 aromatic rings. The highest BCUT2D eigenvalue weighted by Gasteiger charge is 2.34. The number of benzene rings is 1. The predicted octanol–water partition coefficient (Wildman–Crippen LogP) is 3.14. The third-order valence-electron chi connectivity index (χ3n) is 3.02. The van der Waals surface area contributed by atoms with E-state index in [9.17, 15) is 13.6 Å². The summed E-state index contributed by atoms with van der Waals surface area (Å²) in [6.07, 6.45) is 1.72. The molecule has 1 saturated heterocycles. The molecule has 122 valence electrons. The van der Waals surface area contributed by atoms with Crippen LogP contribution in [0, 0.1) is 11.6 Å². The van der Waals surface area contributed by atoms with Crippen molar-refractivity contribution in [2.24, 2.45) is 10.7 Å². The summed E-state index contributed by atoms with van der Waals surface area (Å²) >= 11 is 7.04. The maximum absolute atomic E-state index is 14.1. The first-order valence-electron chi connectivity index (χ1n) is 6.34. The molecule has 23 heavy (non-hydrogen) atoms. The number of hydrogen-bond acceptors (Lipinski definition) is 4. The molecule has 0 unspecified atom stereocenters. The fourth-order valence-corrected chi connectivity index (χ4v) is 2.26. The lowest BCUT2D eigenvalue weighted by Crippen LogP contribution is -2.53. The summed E-state index contributed by atoms with van der Waals surface area (Å²) in [6, 6.07) is 2.52. The normalized spacial score (nSPS) is 18.9. The minimum atomic E-state index is -0.919. The molecule has 0 saturated carbocycles. The van der Waals surface area contributed by atoms with Gasteiger partial charge >= 0.3 is 6.03 Å². The average molecular weight is 359 g/mol. The van der Waals surface area contributed by atoms with E-state index in [-0.39, 0.29) is 23.1 Å². The van der Waals surface area contributed by atoms with E-state index >= 15 is 0 Å². The van der Waals surface area contributed by atoms with Crippen molar-refractivity contribution >= 4 is 40.9 Å². The topological polar surface area (TPSA) is 70.7 Å². The number of para-hydroxylation sites is 1. The molecule has 1 aliphatic rings. The molecular weight excluding hydrogens is 346 g/mol. The van der Waals surface area contributed by atoms with Crippen molar-refractivity contribution in [3.8, 4) is 0 Å². The Bertz CT molecular complexity index is 711. The molecule has 0 aromatic heterocycles. The number of nitrogens with one attached hydrogen (secondary N) is 1. The summed E-state index contributed by atoms with van der Waals surface area (Å²) < 4.78 is 28.2. The zero-order valence-electron chi connectivity index (χ0n) is 12.1. The van der Waals surface area contributed by atoms with Crippen molar-refractivity contribution in [2.75, 3.05) is 17.7 Å². The minimum Gasteiger partial charge on any atom is -0.389 e. The van der Waals surface area contributed by atoms with Gasteiger partial charge < -0.3 is 11.1 Å². The Labute approximate surface area is 140 Å². The van der Waals surface area contributed by atoms with E-state index in [4.69, 9.17) is 17.3 Å². The van der Waals surface area contributed by atoms with Crippen LogP contribution in [-0.2, 0) is 0 Å². The molecule has 0 aliphatic carbocycles. The van der Waals surface area contributed by atoms with Gasteiger partial charge in [0.15, 0.2) is 5.84 Å². The Kier molecular flexibility index (Phi) is 5.27. The quantitative estimate of drug-likeness (QED) is 0.815. The van der Waals surface area contributed by atoms with Crippen LogP contribution >= 0.6 is 23.4 Å². The molecule has 2 amide bonds. The molecule has 1 aliphatic heterocycles. The minimum absolute atomic E-state index is 0.0127. The molecule has 9 heteroatoms. The lowest BCUT2D eigenvalue weighted by Gasteiger charge is -2.31. The second-order valence-corrected chi connectivity index (χ2v) is 5.71. The zero-order chi connectivity index (χ0) is 17.1. The fraction of sp³-hybridized carbons (Fsp3) is 0.143. The second kappa shape index (κ2) is 7.01. The van der Waals surface area contributed by atoms with Crippen LogP contribution < -0.4 is 16.0 Å². The number of nitrogens with zero attached hydrogens (tertiary/aromatic N) is 2. The molecule has 2 rings (SSSR count). The Balaban J connectivity index is 2.70. The molecule has 0 radical (unpaired) electrons. The third-order valence-corrected chi connectivity index (χ3v) is 3.81. The highest BCUT2D eigenvalue weighted by Crippen LogP contribution is 2.29. The highest BCUT2D eigenvalue weighted by molar-refractivity contribution is 8.02. The summed E-state index contributed by atoms with van der Waals surface area (Å²) in [7, 11) is 0. The van der Waals surface area contributed by atoms with E-state index in [1.807, 2.05) is 0 Å². The van der Waals surface area contributed by atoms with Gasteiger partial charge in [-0.05, 0) is 18.4 Å². The van der Waals surface area contributed by atoms with Gasteiger partial charge in [0.2, 0.25) is 0 Å². The first kappa shape index (κ1) is 17.3. The number of hydrogen-bond donors (Lipinski definition) is 2. The number of amides is 2. The lowest BCUT2D eigenvalue weighted by atomic mass is 10.1. The summed E-state index contributed by atoms with van der Waals surface area (Å²) in [5.41, 5.74) is 5.28. The number of rotatable bonds is 3. The van der Waals surface area contributed by atoms with E-state index in [0.717, 1.165) is 17.0 Å². The van der Waals surface area contributed by atoms with Gasteiger partial charge in [0, 0.05) is 5.57 Å². The monoisotopic (exact) mass is 358 g/mol. The van der Waals surface area contributed by atoms with Gasteiger partial charge in [-0.2, -0.15) is 0 Å². The Morgan fingerprint density at radius 3 is 2.61 bits per heavy atom. The van der Waals surface area contributed by atoms with Crippen LogP contribution in [0.4, 0.5) is 19.3 Å². The number of amidine groups is 1. The molecule has 1 fully saturated rings. The van der Waals surface area contributed by atoms with Crippen molar-refractivity contribution in [1.29, 1.82) is 0 Å².